The van der Waals surface area contributed by atoms with Crippen molar-refractivity contribution in [3.05, 3.63) is 66.4 Å². The molecule has 1 N–H and O–H groups in total. The van der Waals surface area contributed by atoms with Crippen molar-refractivity contribution in [3.63, 3.8) is 0 Å². The van der Waals surface area contributed by atoms with Crippen molar-refractivity contribution in [1.82, 2.24) is 4.98 Å². The Morgan fingerprint density at radius 1 is 1.00 bits per heavy atom. The quantitative estimate of drug-likeness (QED) is 0.802. The first-order valence-electron chi connectivity index (χ1n) is 7.07. The third-order valence-corrected chi connectivity index (χ3v) is 3.50. The van der Waals surface area contributed by atoms with Crippen LogP contribution in [0.1, 0.15) is 10.4 Å². The maximum Gasteiger partial charge on any atom is 0.256 e. The van der Waals surface area contributed by atoms with Crippen LogP contribution in [0, 0.1) is 0 Å². The van der Waals surface area contributed by atoms with E-state index in [-0.39, 0.29) is 5.91 Å². The van der Waals surface area contributed by atoms with Crippen molar-refractivity contribution in [2.24, 2.45) is 0 Å². The van der Waals surface area contributed by atoms with Crippen LogP contribution in [-0.2, 0) is 0 Å². The molecule has 1 amide bonds. The van der Waals surface area contributed by atoms with Crippen LogP contribution in [0.15, 0.2) is 60.8 Å². The van der Waals surface area contributed by atoms with Crippen LogP contribution in [0.25, 0.3) is 10.8 Å². The van der Waals surface area contributed by atoms with E-state index in [1.54, 1.807) is 6.20 Å². The summed E-state index contributed by atoms with van der Waals surface area (Å²) in [5.41, 5.74) is 1.35. The van der Waals surface area contributed by atoms with Crippen molar-refractivity contribution in [2.75, 3.05) is 24.3 Å². The lowest BCUT2D eigenvalue weighted by Crippen LogP contribution is -2.14. The Kier molecular flexibility index (Phi) is 3.74. The minimum absolute atomic E-state index is 0.129. The number of hydrogen-bond acceptors (Lipinski definition) is 3. The van der Waals surface area contributed by atoms with Gasteiger partial charge in [-0.3, -0.25) is 4.79 Å². The summed E-state index contributed by atoms with van der Waals surface area (Å²) in [6, 6.07) is 17.3. The molecular weight excluding hydrogens is 274 g/mol. The third-order valence-electron chi connectivity index (χ3n) is 3.50. The van der Waals surface area contributed by atoms with Gasteiger partial charge in [-0.15, -0.1) is 0 Å². The summed E-state index contributed by atoms with van der Waals surface area (Å²) < 4.78 is 0. The number of pyridine rings is 1. The number of hydrogen-bond donors (Lipinski definition) is 1. The lowest BCUT2D eigenvalue weighted by Gasteiger charge is -2.12. The molecule has 0 aliphatic carbocycles. The van der Waals surface area contributed by atoms with Gasteiger partial charge in [0.05, 0.1) is 11.9 Å². The first kappa shape index (κ1) is 14.1. The van der Waals surface area contributed by atoms with Gasteiger partial charge in [-0.25, -0.2) is 4.98 Å². The van der Waals surface area contributed by atoms with Gasteiger partial charge in [0.1, 0.15) is 5.82 Å². The third kappa shape index (κ3) is 2.76. The van der Waals surface area contributed by atoms with Crippen LogP contribution >= 0.6 is 0 Å². The van der Waals surface area contributed by atoms with Gasteiger partial charge < -0.3 is 10.2 Å². The van der Waals surface area contributed by atoms with Crippen LogP contribution < -0.4 is 10.2 Å². The maximum atomic E-state index is 12.5. The predicted molar refractivity (Wildman–Crippen MR) is 90.5 cm³/mol. The molecule has 4 nitrogen and oxygen atoms in total. The summed E-state index contributed by atoms with van der Waals surface area (Å²) in [5, 5.41) is 4.89. The van der Waals surface area contributed by atoms with Gasteiger partial charge in [-0.2, -0.15) is 0 Å². The zero-order valence-electron chi connectivity index (χ0n) is 12.6. The van der Waals surface area contributed by atoms with E-state index in [0.29, 0.717) is 11.3 Å². The van der Waals surface area contributed by atoms with Crippen LogP contribution in [0.4, 0.5) is 11.5 Å². The lowest BCUT2D eigenvalue weighted by molar-refractivity contribution is 0.102. The first-order chi connectivity index (χ1) is 10.6. The Bertz CT molecular complexity index is 805. The van der Waals surface area contributed by atoms with E-state index in [4.69, 9.17) is 0 Å². The fraction of sp³-hybridized carbons (Fsp3) is 0.111. The summed E-state index contributed by atoms with van der Waals surface area (Å²) in [6.07, 6.45) is 1.67. The van der Waals surface area contributed by atoms with Crippen molar-refractivity contribution < 1.29 is 4.79 Å². The van der Waals surface area contributed by atoms with Gasteiger partial charge in [0.15, 0.2) is 0 Å². The van der Waals surface area contributed by atoms with Crippen LogP contribution in [-0.4, -0.2) is 25.0 Å². The second kappa shape index (κ2) is 5.85. The second-order valence-electron chi connectivity index (χ2n) is 5.28. The molecule has 0 fully saturated rings. The van der Waals surface area contributed by atoms with Crippen molar-refractivity contribution in [1.29, 1.82) is 0 Å². The highest BCUT2D eigenvalue weighted by Gasteiger charge is 2.10. The highest BCUT2D eigenvalue weighted by Crippen LogP contribution is 2.20. The Labute approximate surface area is 129 Å². The average Bonchev–Trinajstić information content (AvgIpc) is 2.54. The average molecular weight is 291 g/mol. The number of fused-ring (bicyclic) bond motifs is 1. The molecule has 0 aliphatic heterocycles. The SMILES string of the molecule is CN(C)c1ccc(NC(=O)c2cccc3ccccc23)cn1. The van der Waals surface area contributed by atoms with Crippen molar-refractivity contribution in [3.8, 4) is 0 Å². The minimum Gasteiger partial charge on any atom is -0.363 e. The molecule has 0 saturated heterocycles. The molecule has 1 heterocycles. The summed E-state index contributed by atoms with van der Waals surface area (Å²) in [7, 11) is 3.85. The number of benzene rings is 2. The fourth-order valence-electron chi connectivity index (χ4n) is 2.35. The molecule has 0 spiro atoms. The Morgan fingerprint density at radius 2 is 1.77 bits per heavy atom. The van der Waals surface area contributed by atoms with Gasteiger partial charge in [-0.05, 0) is 29.0 Å². The summed E-state index contributed by atoms with van der Waals surface area (Å²) in [4.78, 5) is 18.7. The molecule has 0 radical (unpaired) electrons. The van der Waals surface area contributed by atoms with Gasteiger partial charge in [0.2, 0.25) is 0 Å². The normalized spacial score (nSPS) is 10.5. The number of amides is 1. The molecule has 0 aliphatic rings. The van der Waals surface area contributed by atoms with E-state index in [2.05, 4.69) is 10.3 Å². The van der Waals surface area contributed by atoms with Gasteiger partial charge >= 0.3 is 0 Å². The van der Waals surface area contributed by atoms with E-state index in [1.165, 1.54) is 0 Å². The zero-order valence-corrected chi connectivity index (χ0v) is 12.6. The number of aromatic nitrogens is 1. The number of anilines is 2. The Morgan fingerprint density at radius 3 is 2.50 bits per heavy atom. The lowest BCUT2D eigenvalue weighted by atomic mass is 10.0. The van der Waals surface area contributed by atoms with Crippen molar-refractivity contribution >= 4 is 28.2 Å². The minimum atomic E-state index is -0.129. The molecule has 22 heavy (non-hydrogen) atoms. The molecule has 0 unspecified atom stereocenters. The monoisotopic (exact) mass is 291 g/mol. The van der Waals surface area contributed by atoms with E-state index >= 15 is 0 Å². The number of nitrogens with one attached hydrogen (secondary N) is 1. The summed E-state index contributed by atoms with van der Waals surface area (Å²) in [6.45, 7) is 0. The van der Waals surface area contributed by atoms with Gasteiger partial charge in [0, 0.05) is 19.7 Å². The van der Waals surface area contributed by atoms with Crippen molar-refractivity contribution in [2.45, 2.75) is 0 Å². The largest absolute Gasteiger partial charge is 0.363 e. The standard InChI is InChI=1S/C18H17N3O/c1-21(2)17-11-10-14(12-19-17)20-18(22)16-9-5-7-13-6-3-4-8-15(13)16/h3-12H,1-2H3,(H,20,22). The van der Waals surface area contributed by atoms with E-state index in [0.717, 1.165) is 16.6 Å². The van der Waals surface area contributed by atoms with Crippen LogP contribution in [0.5, 0.6) is 0 Å². The molecule has 0 atom stereocenters. The summed E-state index contributed by atoms with van der Waals surface area (Å²) in [5.74, 6) is 0.722. The predicted octanol–water partition coefficient (Wildman–Crippen LogP) is 3.55. The van der Waals surface area contributed by atoms with Gasteiger partial charge in [-0.1, -0.05) is 36.4 Å². The molecule has 3 aromatic rings. The highest BCUT2D eigenvalue weighted by molar-refractivity contribution is 6.12. The van der Waals surface area contributed by atoms with E-state index in [9.17, 15) is 4.79 Å². The topological polar surface area (TPSA) is 45.2 Å². The zero-order chi connectivity index (χ0) is 15.5. The number of carbonyl (C=O) groups is 1. The van der Waals surface area contributed by atoms with E-state index < -0.39 is 0 Å². The smallest absolute Gasteiger partial charge is 0.256 e. The van der Waals surface area contributed by atoms with Gasteiger partial charge in [0.25, 0.3) is 5.91 Å². The molecule has 0 bridgehead atoms. The number of nitrogens with zero attached hydrogens (tertiary/aromatic N) is 2. The second-order valence-corrected chi connectivity index (χ2v) is 5.28. The number of carbonyl (C=O) groups excluding carboxylic acids is 1. The molecule has 2 aromatic carbocycles. The highest BCUT2D eigenvalue weighted by atomic mass is 16.1. The maximum absolute atomic E-state index is 12.5. The molecular formula is C18H17N3O. The Hall–Kier alpha value is -2.88. The molecule has 1 aromatic heterocycles. The van der Waals surface area contributed by atoms with Crippen LogP contribution in [0.2, 0.25) is 0 Å². The summed E-state index contributed by atoms with van der Waals surface area (Å²) >= 11 is 0. The molecule has 4 heteroatoms. The molecule has 110 valence electrons. The number of rotatable bonds is 3. The van der Waals surface area contributed by atoms with Crippen LogP contribution in [0.3, 0.4) is 0 Å². The molecule has 0 saturated carbocycles. The first-order valence-corrected chi connectivity index (χ1v) is 7.07. The molecule has 3 rings (SSSR count). The fourth-order valence-corrected chi connectivity index (χ4v) is 2.35. The Balaban J connectivity index is 1.87. The van der Waals surface area contributed by atoms with E-state index in [1.807, 2.05) is 73.6 Å².